The van der Waals surface area contributed by atoms with Crippen molar-refractivity contribution in [2.75, 3.05) is 5.73 Å². The monoisotopic (exact) mass is 206 g/mol. The largest absolute Gasteiger partial charge is 0.385 e. The van der Waals surface area contributed by atoms with E-state index in [4.69, 9.17) is 5.73 Å². The van der Waals surface area contributed by atoms with E-state index in [0.29, 0.717) is 11.7 Å². The number of hydrogen-bond acceptors (Lipinski definition) is 3. The van der Waals surface area contributed by atoms with E-state index in [9.17, 15) is 5.11 Å². The summed E-state index contributed by atoms with van der Waals surface area (Å²) >= 11 is 0. The molecule has 3 N–H and O–H groups in total. The Labute approximate surface area is 90.3 Å². The summed E-state index contributed by atoms with van der Waals surface area (Å²) in [4.78, 5) is 4.07. The number of anilines is 1. The van der Waals surface area contributed by atoms with Crippen molar-refractivity contribution in [2.24, 2.45) is 5.92 Å². The van der Waals surface area contributed by atoms with Gasteiger partial charge >= 0.3 is 0 Å². The molecule has 1 aliphatic rings. The first kappa shape index (κ1) is 10.4. The molecular formula is C12H18N2O. The molecule has 1 aromatic heterocycles. The number of nitrogen functional groups attached to an aromatic ring is 1. The molecule has 2 unspecified atom stereocenters. The molecular weight excluding hydrogens is 188 g/mol. The van der Waals surface area contributed by atoms with Gasteiger partial charge in [0.1, 0.15) is 5.82 Å². The maximum atomic E-state index is 10.6. The Morgan fingerprint density at radius 1 is 1.60 bits per heavy atom. The van der Waals surface area contributed by atoms with Crippen molar-refractivity contribution in [3.8, 4) is 0 Å². The highest BCUT2D eigenvalue weighted by Crippen LogP contribution is 2.44. The molecule has 82 valence electrons. The number of aliphatic hydroxyl groups is 1. The summed E-state index contributed by atoms with van der Waals surface area (Å²) < 4.78 is 0. The summed E-state index contributed by atoms with van der Waals surface area (Å²) in [6.07, 6.45) is 4.34. The third kappa shape index (κ3) is 1.72. The lowest BCUT2D eigenvalue weighted by Gasteiger charge is -2.26. The lowest BCUT2D eigenvalue weighted by Crippen LogP contribution is -2.25. The fraction of sp³-hybridized carbons (Fsp3) is 0.583. The highest BCUT2D eigenvalue weighted by Gasteiger charge is 2.39. The number of nitrogens with zero attached hydrogens (tertiary/aromatic N) is 1. The maximum Gasteiger partial charge on any atom is 0.129 e. The Hall–Kier alpha value is -1.09. The minimum Gasteiger partial charge on any atom is -0.385 e. The summed E-state index contributed by atoms with van der Waals surface area (Å²) in [6.45, 7) is 4.15. The van der Waals surface area contributed by atoms with Gasteiger partial charge in [0.2, 0.25) is 0 Å². The summed E-state index contributed by atoms with van der Waals surface area (Å²) in [5.74, 6) is 1.04. The van der Waals surface area contributed by atoms with Crippen LogP contribution in [0.15, 0.2) is 12.3 Å². The highest BCUT2D eigenvalue weighted by atomic mass is 16.3. The van der Waals surface area contributed by atoms with E-state index in [-0.39, 0.29) is 0 Å². The number of pyridine rings is 1. The Morgan fingerprint density at radius 2 is 2.33 bits per heavy atom. The molecule has 1 aromatic rings. The van der Waals surface area contributed by atoms with Gasteiger partial charge in [0.25, 0.3) is 0 Å². The molecule has 2 atom stereocenters. The zero-order valence-electron chi connectivity index (χ0n) is 9.33. The Kier molecular flexibility index (Phi) is 2.43. The molecule has 1 aliphatic carbocycles. The van der Waals surface area contributed by atoms with Crippen molar-refractivity contribution in [2.45, 2.75) is 38.7 Å². The Balaban J connectivity index is 2.45. The molecule has 0 amide bonds. The summed E-state index contributed by atoms with van der Waals surface area (Å²) in [5, 5.41) is 10.6. The number of nitrogens with two attached hydrogens (primary N) is 1. The van der Waals surface area contributed by atoms with Gasteiger partial charge in [-0.1, -0.05) is 6.92 Å². The van der Waals surface area contributed by atoms with Crippen LogP contribution in [0.5, 0.6) is 0 Å². The van der Waals surface area contributed by atoms with E-state index in [1.54, 1.807) is 6.20 Å². The van der Waals surface area contributed by atoms with Crippen molar-refractivity contribution in [1.29, 1.82) is 0 Å². The first-order valence-electron chi connectivity index (χ1n) is 5.47. The third-order valence-corrected chi connectivity index (χ3v) is 3.39. The van der Waals surface area contributed by atoms with Crippen LogP contribution >= 0.6 is 0 Å². The van der Waals surface area contributed by atoms with Crippen molar-refractivity contribution in [1.82, 2.24) is 4.98 Å². The van der Waals surface area contributed by atoms with E-state index in [2.05, 4.69) is 11.9 Å². The average Bonchev–Trinajstić information content (AvgIpc) is 2.46. The topological polar surface area (TPSA) is 59.1 Å². The predicted octanol–water partition coefficient (Wildman–Crippen LogP) is 1.98. The van der Waals surface area contributed by atoms with Gasteiger partial charge in [-0.2, -0.15) is 0 Å². The van der Waals surface area contributed by atoms with Crippen LogP contribution in [0.2, 0.25) is 0 Å². The number of rotatable bonds is 1. The second-order valence-corrected chi connectivity index (χ2v) is 4.77. The average molecular weight is 206 g/mol. The summed E-state index contributed by atoms with van der Waals surface area (Å²) in [6, 6.07) is 1.91. The highest BCUT2D eigenvalue weighted by molar-refractivity contribution is 5.48. The third-order valence-electron chi connectivity index (χ3n) is 3.39. The molecule has 3 heteroatoms. The molecule has 0 aliphatic heterocycles. The quantitative estimate of drug-likeness (QED) is 0.738. The van der Waals surface area contributed by atoms with Crippen LogP contribution in [-0.2, 0) is 5.60 Å². The maximum absolute atomic E-state index is 10.6. The van der Waals surface area contributed by atoms with Crippen LogP contribution in [0.25, 0.3) is 0 Å². The Bertz CT molecular complexity index is 358. The van der Waals surface area contributed by atoms with Crippen LogP contribution in [0.4, 0.5) is 5.82 Å². The van der Waals surface area contributed by atoms with Crippen LogP contribution in [0.1, 0.15) is 37.3 Å². The molecule has 1 fully saturated rings. The van der Waals surface area contributed by atoms with Gasteiger partial charge in [0.05, 0.1) is 5.60 Å². The first-order chi connectivity index (χ1) is 7.03. The normalized spacial score (nSPS) is 30.7. The fourth-order valence-electron chi connectivity index (χ4n) is 2.68. The molecule has 3 nitrogen and oxygen atoms in total. The minimum absolute atomic E-state index is 0.478. The summed E-state index contributed by atoms with van der Waals surface area (Å²) in [5.41, 5.74) is 7.00. The molecule has 15 heavy (non-hydrogen) atoms. The van der Waals surface area contributed by atoms with Gasteiger partial charge in [0, 0.05) is 11.8 Å². The number of aromatic nitrogens is 1. The lowest BCUT2D eigenvalue weighted by molar-refractivity contribution is 0.0407. The van der Waals surface area contributed by atoms with Gasteiger partial charge in [-0.3, -0.25) is 0 Å². The summed E-state index contributed by atoms with van der Waals surface area (Å²) in [7, 11) is 0. The van der Waals surface area contributed by atoms with E-state index >= 15 is 0 Å². The van der Waals surface area contributed by atoms with E-state index < -0.39 is 5.60 Å². The zero-order chi connectivity index (χ0) is 11.1. The standard InChI is InChI=1S/C12H18N2O/c1-8-3-5-12(15,7-8)10-9(2)4-6-14-11(10)13/h4,6,8,15H,3,5,7H2,1-2H3,(H2,13,14). The van der Waals surface area contributed by atoms with E-state index in [0.717, 1.165) is 30.4 Å². The van der Waals surface area contributed by atoms with Gasteiger partial charge in [-0.25, -0.2) is 4.98 Å². The van der Waals surface area contributed by atoms with Crippen molar-refractivity contribution >= 4 is 5.82 Å². The first-order valence-corrected chi connectivity index (χ1v) is 5.47. The fourth-order valence-corrected chi connectivity index (χ4v) is 2.68. The molecule has 0 bridgehead atoms. The van der Waals surface area contributed by atoms with Crippen molar-refractivity contribution in [3.05, 3.63) is 23.4 Å². The van der Waals surface area contributed by atoms with Gasteiger partial charge < -0.3 is 10.8 Å². The second kappa shape index (κ2) is 3.49. The second-order valence-electron chi connectivity index (χ2n) is 4.77. The zero-order valence-corrected chi connectivity index (χ0v) is 9.33. The minimum atomic E-state index is -0.748. The van der Waals surface area contributed by atoms with Crippen LogP contribution in [0.3, 0.4) is 0 Å². The lowest BCUT2D eigenvalue weighted by atomic mass is 9.88. The molecule has 2 rings (SSSR count). The van der Waals surface area contributed by atoms with Crippen LogP contribution < -0.4 is 5.73 Å². The molecule has 1 saturated carbocycles. The van der Waals surface area contributed by atoms with Gasteiger partial charge in [0.15, 0.2) is 0 Å². The molecule has 0 saturated heterocycles. The van der Waals surface area contributed by atoms with Crippen LogP contribution in [0, 0.1) is 12.8 Å². The smallest absolute Gasteiger partial charge is 0.129 e. The molecule has 1 heterocycles. The molecule has 0 radical (unpaired) electrons. The Morgan fingerprint density at radius 3 is 2.87 bits per heavy atom. The number of aryl methyl sites for hydroxylation is 1. The molecule has 0 aromatic carbocycles. The van der Waals surface area contributed by atoms with Gasteiger partial charge in [-0.05, 0) is 43.7 Å². The SMILES string of the molecule is Cc1ccnc(N)c1C1(O)CCC(C)C1. The molecule has 0 spiro atoms. The van der Waals surface area contributed by atoms with Gasteiger partial charge in [-0.15, -0.1) is 0 Å². The van der Waals surface area contributed by atoms with Crippen molar-refractivity contribution < 1.29 is 5.11 Å². The van der Waals surface area contributed by atoms with E-state index in [1.807, 2.05) is 13.0 Å². The van der Waals surface area contributed by atoms with Crippen LogP contribution in [-0.4, -0.2) is 10.1 Å². The van der Waals surface area contributed by atoms with E-state index in [1.165, 1.54) is 0 Å². The number of hydrogen-bond donors (Lipinski definition) is 2. The predicted molar refractivity (Wildman–Crippen MR) is 60.3 cm³/mol. The van der Waals surface area contributed by atoms with Crippen molar-refractivity contribution in [3.63, 3.8) is 0 Å².